The fourth-order valence-electron chi connectivity index (χ4n) is 2.46. The van der Waals surface area contributed by atoms with Gasteiger partial charge in [0.1, 0.15) is 11.6 Å². The molecule has 0 aliphatic rings. The standard InChI is InChI=1S/C16H16ClN3O/c1-3-20-15-7-5-11(21-2)9-14(15)19-16(20)10-4-6-12(17)13(18)8-10/h4-9H,3,18H2,1-2H3. The second-order valence-corrected chi connectivity index (χ2v) is 5.18. The topological polar surface area (TPSA) is 53.1 Å². The van der Waals surface area contributed by atoms with E-state index >= 15 is 0 Å². The van der Waals surface area contributed by atoms with E-state index in [9.17, 15) is 0 Å². The Morgan fingerprint density at radius 1 is 1.24 bits per heavy atom. The Morgan fingerprint density at radius 3 is 2.71 bits per heavy atom. The summed E-state index contributed by atoms with van der Waals surface area (Å²) >= 11 is 5.99. The number of imidazole rings is 1. The van der Waals surface area contributed by atoms with Gasteiger partial charge in [0.2, 0.25) is 0 Å². The van der Waals surface area contributed by atoms with Crippen LogP contribution in [0.4, 0.5) is 5.69 Å². The van der Waals surface area contributed by atoms with Gasteiger partial charge in [-0.25, -0.2) is 4.98 Å². The number of nitrogen functional groups attached to an aromatic ring is 1. The molecule has 0 aliphatic carbocycles. The number of anilines is 1. The van der Waals surface area contributed by atoms with Gasteiger partial charge >= 0.3 is 0 Å². The Kier molecular flexibility index (Phi) is 3.47. The zero-order chi connectivity index (χ0) is 15.0. The summed E-state index contributed by atoms with van der Waals surface area (Å²) in [5, 5.41) is 0.555. The van der Waals surface area contributed by atoms with E-state index in [0.717, 1.165) is 34.7 Å². The zero-order valence-electron chi connectivity index (χ0n) is 11.9. The first-order chi connectivity index (χ1) is 10.1. The summed E-state index contributed by atoms with van der Waals surface area (Å²) in [6, 6.07) is 11.5. The van der Waals surface area contributed by atoms with Crippen LogP contribution in [0.1, 0.15) is 6.92 Å². The Morgan fingerprint density at radius 2 is 2.05 bits per heavy atom. The number of ether oxygens (including phenoxy) is 1. The molecule has 4 nitrogen and oxygen atoms in total. The molecule has 0 saturated carbocycles. The fourth-order valence-corrected chi connectivity index (χ4v) is 2.58. The van der Waals surface area contributed by atoms with Gasteiger partial charge in [0.25, 0.3) is 0 Å². The molecular weight excluding hydrogens is 286 g/mol. The van der Waals surface area contributed by atoms with Gasteiger partial charge in [-0.05, 0) is 37.3 Å². The van der Waals surface area contributed by atoms with E-state index in [1.54, 1.807) is 13.2 Å². The number of hydrogen-bond donors (Lipinski definition) is 1. The van der Waals surface area contributed by atoms with E-state index in [1.165, 1.54) is 0 Å². The Labute approximate surface area is 128 Å². The molecule has 2 aromatic carbocycles. The average Bonchev–Trinajstić information content (AvgIpc) is 2.87. The molecule has 0 atom stereocenters. The number of methoxy groups -OCH3 is 1. The molecule has 0 bridgehead atoms. The molecule has 0 aliphatic heterocycles. The van der Waals surface area contributed by atoms with Crippen molar-refractivity contribution in [1.29, 1.82) is 0 Å². The van der Waals surface area contributed by atoms with Crippen molar-refractivity contribution in [3.63, 3.8) is 0 Å². The summed E-state index contributed by atoms with van der Waals surface area (Å²) in [6.45, 7) is 2.91. The van der Waals surface area contributed by atoms with Gasteiger partial charge in [-0.15, -0.1) is 0 Å². The van der Waals surface area contributed by atoms with Crippen molar-refractivity contribution in [2.75, 3.05) is 12.8 Å². The van der Waals surface area contributed by atoms with Crippen LogP contribution in [0.3, 0.4) is 0 Å². The minimum atomic E-state index is 0.555. The molecule has 3 rings (SSSR count). The monoisotopic (exact) mass is 301 g/mol. The predicted octanol–water partition coefficient (Wildman–Crippen LogP) is 3.97. The molecule has 21 heavy (non-hydrogen) atoms. The highest BCUT2D eigenvalue weighted by atomic mass is 35.5. The third kappa shape index (κ3) is 2.32. The van der Waals surface area contributed by atoms with Crippen molar-refractivity contribution >= 4 is 28.3 Å². The lowest BCUT2D eigenvalue weighted by molar-refractivity contribution is 0.415. The number of rotatable bonds is 3. The molecule has 0 fully saturated rings. The first-order valence-electron chi connectivity index (χ1n) is 6.73. The number of benzene rings is 2. The number of nitrogens with two attached hydrogens (primary N) is 1. The predicted molar refractivity (Wildman–Crippen MR) is 86.8 cm³/mol. The summed E-state index contributed by atoms with van der Waals surface area (Å²) in [4.78, 5) is 4.72. The van der Waals surface area contributed by atoms with Gasteiger partial charge in [-0.1, -0.05) is 11.6 Å². The van der Waals surface area contributed by atoms with Crippen LogP contribution < -0.4 is 10.5 Å². The van der Waals surface area contributed by atoms with Crippen LogP contribution in [-0.2, 0) is 6.54 Å². The van der Waals surface area contributed by atoms with Crippen molar-refractivity contribution in [3.8, 4) is 17.1 Å². The molecule has 108 valence electrons. The maximum absolute atomic E-state index is 5.99. The van der Waals surface area contributed by atoms with Crippen LogP contribution in [0.25, 0.3) is 22.4 Å². The van der Waals surface area contributed by atoms with E-state index in [4.69, 9.17) is 27.1 Å². The minimum Gasteiger partial charge on any atom is -0.497 e. The summed E-state index contributed by atoms with van der Waals surface area (Å²) in [7, 11) is 1.65. The smallest absolute Gasteiger partial charge is 0.141 e. The molecule has 3 aromatic rings. The molecule has 0 unspecified atom stereocenters. The molecule has 5 heteroatoms. The van der Waals surface area contributed by atoms with Crippen molar-refractivity contribution in [3.05, 3.63) is 41.4 Å². The molecule has 0 radical (unpaired) electrons. The number of halogens is 1. The lowest BCUT2D eigenvalue weighted by atomic mass is 10.2. The normalized spacial score (nSPS) is 11.0. The Hall–Kier alpha value is -2.20. The van der Waals surface area contributed by atoms with Crippen LogP contribution >= 0.6 is 11.6 Å². The molecule has 2 N–H and O–H groups in total. The van der Waals surface area contributed by atoms with Crippen molar-refractivity contribution < 1.29 is 4.74 Å². The number of nitrogens with zero attached hydrogens (tertiary/aromatic N) is 2. The van der Waals surface area contributed by atoms with E-state index in [0.29, 0.717) is 10.7 Å². The van der Waals surface area contributed by atoms with E-state index in [1.807, 2.05) is 30.3 Å². The van der Waals surface area contributed by atoms with Gasteiger partial charge in [0.15, 0.2) is 0 Å². The number of fused-ring (bicyclic) bond motifs is 1. The van der Waals surface area contributed by atoms with E-state index in [2.05, 4.69) is 11.5 Å². The largest absolute Gasteiger partial charge is 0.497 e. The molecule has 0 spiro atoms. The summed E-state index contributed by atoms with van der Waals surface area (Å²) in [5.41, 5.74) is 9.38. The third-order valence-corrected chi connectivity index (χ3v) is 3.87. The van der Waals surface area contributed by atoms with Gasteiger partial charge in [-0.3, -0.25) is 0 Å². The van der Waals surface area contributed by atoms with Crippen LogP contribution in [0.15, 0.2) is 36.4 Å². The van der Waals surface area contributed by atoms with Crippen LogP contribution in [0.2, 0.25) is 5.02 Å². The number of aryl methyl sites for hydroxylation is 1. The zero-order valence-corrected chi connectivity index (χ0v) is 12.7. The van der Waals surface area contributed by atoms with E-state index < -0.39 is 0 Å². The molecule has 0 amide bonds. The minimum absolute atomic E-state index is 0.555. The average molecular weight is 302 g/mol. The quantitative estimate of drug-likeness (QED) is 0.745. The van der Waals surface area contributed by atoms with Crippen LogP contribution in [-0.4, -0.2) is 16.7 Å². The highest BCUT2D eigenvalue weighted by Crippen LogP contribution is 2.30. The van der Waals surface area contributed by atoms with E-state index in [-0.39, 0.29) is 0 Å². The highest BCUT2D eigenvalue weighted by molar-refractivity contribution is 6.33. The second kappa shape index (κ2) is 5.30. The first kappa shape index (κ1) is 13.8. The fraction of sp³-hybridized carbons (Fsp3) is 0.188. The maximum Gasteiger partial charge on any atom is 0.141 e. The molecule has 1 heterocycles. The molecular formula is C16H16ClN3O. The van der Waals surface area contributed by atoms with Crippen molar-refractivity contribution in [2.24, 2.45) is 0 Å². The first-order valence-corrected chi connectivity index (χ1v) is 7.11. The molecule has 0 saturated heterocycles. The summed E-state index contributed by atoms with van der Waals surface area (Å²) in [5.74, 6) is 1.68. The van der Waals surface area contributed by atoms with Gasteiger partial charge in [0.05, 0.1) is 28.9 Å². The SMILES string of the molecule is CCn1c(-c2ccc(Cl)c(N)c2)nc2cc(OC)ccc21. The lowest BCUT2D eigenvalue weighted by Gasteiger charge is -2.07. The van der Waals surface area contributed by atoms with Crippen LogP contribution in [0.5, 0.6) is 5.75 Å². The summed E-state index contributed by atoms with van der Waals surface area (Å²) in [6.07, 6.45) is 0. The van der Waals surface area contributed by atoms with Crippen LogP contribution in [0, 0.1) is 0 Å². The number of aromatic nitrogens is 2. The highest BCUT2D eigenvalue weighted by Gasteiger charge is 2.13. The number of hydrogen-bond acceptors (Lipinski definition) is 3. The van der Waals surface area contributed by atoms with Gasteiger partial charge < -0.3 is 15.0 Å². The van der Waals surface area contributed by atoms with Crippen molar-refractivity contribution in [1.82, 2.24) is 9.55 Å². The third-order valence-electron chi connectivity index (χ3n) is 3.53. The Balaban J connectivity index is 2.23. The molecule has 1 aromatic heterocycles. The second-order valence-electron chi connectivity index (χ2n) is 4.77. The van der Waals surface area contributed by atoms with Crippen molar-refractivity contribution in [2.45, 2.75) is 13.5 Å². The van der Waals surface area contributed by atoms with Gasteiger partial charge in [-0.2, -0.15) is 0 Å². The van der Waals surface area contributed by atoms with Gasteiger partial charge in [0, 0.05) is 18.2 Å². The Bertz CT molecular complexity index is 811. The summed E-state index contributed by atoms with van der Waals surface area (Å²) < 4.78 is 7.41. The lowest BCUT2D eigenvalue weighted by Crippen LogP contribution is -1.98. The maximum atomic E-state index is 5.99.